The van der Waals surface area contributed by atoms with Gasteiger partial charge in [-0.25, -0.2) is 4.68 Å². The lowest BCUT2D eigenvalue weighted by Crippen LogP contribution is -2.48. The highest BCUT2D eigenvalue weighted by Crippen LogP contribution is 2.37. The first-order valence-electron chi connectivity index (χ1n) is 9.66. The van der Waals surface area contributed by atoms with Crippen LogP contribution in [-0.4, -0.2) is 77.0 Å². The van der Waals surface area contributed by atoms with Gasteiger partial charge in [-0.1, -0.05) is 6.08 Å². The third-order valence-corrected chi connectivity index (χ3v) is 5.15. The first-order chi connectivity index (χ1) is 13.6. The van der Waals surface area contributed by atoms with Crippen LogP contribution in [0.3, 0.4) is 0 Å². The van der Waals surface area contributed by atoms with Crippen LogP contribution in [0.2, 0.25) is 0 Å². The zero-order chi connectivity index (χ0) is 20.1. The predicted molar refractivity (Wildman–Crippen MR) is 108 cm³/mol. The number of tetrazole rings is 1. The highest BCUT2D eigenvalue weighted by molar-refractivity contribution is 5.44. The molecule has 0 spiro atoms. The van der Waals surface area contributed by atoms with Crippen molar-refractivity contribution in [2.45, 2.75) is 25.9 Å². The van der Waals surface area contributed by atoms with Gasteiger partial charge in [0.05, 0.1) is 20.3 Å². The Balaban J connectivity index is 2.01. The predicted octanol–water partition coefficient (Wildman–Crippen LogP) is 2.16. The van der Waals surface area contributed by atoms with Crippen molar-refractivity contribution < 1.29 is 9.47 Å². The van der Waals surface area contributed by atoms with E-state index in [1.807, 2.05) is 22.9 Å². The molecule has 0 radical (unpaired) electrons. The van der Waals surface area contributed by atoms with E-state index in [9.17, 15) is 0 Å². The van der Waals surface area contributed by atoms with Crippen LogP contribution in [0.1, 0.15) is 37.3 Å². The van der Waals surface area contributed by atoms with E-state index in [2.05, 4.69) is 51.8 Å². The maximum Gasteiger partial charge on any atom is 0.173 e. The van der Waals surface area contributed by atoms with Gasteiger partial charge < -0.3 is 9.47 Å². The first-order valence-corrected chi connectivity index (χ1v) is 9.66. The lowest BCUT2D eigenvalue weighted by atomic mass is 10.0. The number of ether oxygens (including phenoxy) is 2. The fourth-order valence-electron chi connectivity index (χ4n) is 3.68. The van der Waals surface area contributed by atoms with Gasteiger partial charge in [-0.15, -0.1) is 11.7 Å². The minimum atomic E-state index is -0.0934. The largest absolute Gasteiger partial charge is 0.497 e. The van der Waals surface area contributed by atoms with E-state index in [1.54, 1.807) is 14.2 Å². The molecule has 152 valence electrons. The number of methoxy groups -OCH3 is 2. The number of hydrogen-bond donors (Lipinski definition) is 0. The average molecular weight is 387 g/mol. The van der Waals surface area contributed by atoms with Crippen LogP contribution in [0.15, 0.2) is 30.9 Å². The Labute approximate surface area is 166 Å². The van der Waals surface area contributed by atoms with E-state index in [1.165, 1.54) is 0 Å². The van der Waals surface area contributed by atoms with Crippen molar-refractivity contribution in [1.29, 1.82) is 0 Å². The third-order valence-electron chi connectivity index (χ3n) is 5.15. The summed E-state index contributed by atoms with van der Waals surface area (Å²) >= 11 is 0. The summed E-state index contributed by atoms with van der Waals surface area (Å²) in [7, 11) is 3.34. The smallest absolute Gasteiger partial charge is 0.173 e. The Morgan fingerprint density at radius 3 is 2.50 bits per heavy atom. The van der Waals surface area contributed by atoms with Crippen molar-refractivity contribution in [2.75, 3.05) is 46.9 Å². The van der Waals surface area contributed by atoms with E-state index in [0.717, 1.165) is 55.6 Å². The number of hydrogen-bond acceptors (Lipinski definition) is 7. The monoisotopic (exact) mass is 386 g/mol. The molecule has 0 N–H and O–H groups in total. The molecule has 0 bridgehead atoms. The second-order valence-corrected chi connectivity index (χ2v) is 7.21. The number of nitrogens with zero attached hydrogens (tertiary/aromatic N) is 6. The molecule has 1 aromatic heterocycles. The topological polar surface area (TPSA) is 68.5 Å². The van der Waals surface area contributed by atoms with E-state index in [4.69, 9.17) is 9.47 Å². The van der Waals surface area contributed by atoms with Gasteiger partial charge in [-0.3, -0.25) is 9.80 Å². The number of aromatic nitrogens is 4. The molecule has 3 rings (SSSR count). The molecule has 0 aliphatic carbocycles. The van der Waals surface area contributed by atoms with Crippen LogP contribution >= 0.6 is 0 Å². The molecule has 1 atom stereocenters. The van der Waals surface area contributed by atoms with Crippen LogP contribution in [0.5, 0.6) is 11.5 Å². The number of rotatable bonds is 8. The van der Waals surface area contributed by atoms with Crippen molar-refractivity contribution in [3.8, 4) is 11.5 Å². The molecule has 2 aromatic rings. The van der Waals surface area contributed by atoms with Gasteiger partial charge in [-0.2, -0.15) is 0 Å². The molecule has 1 aliphatic heterocycles. The van der Waals surface area contributed by atoms with Crippen LogP contribution in [0, 0.1) is 0 Å². The summed E-state index contributed by atoms with van der Waals surface area (Å²) in [6.07, 6.45) is 1.96. The van der Waals surface area contributed by atoms with Gasteiger partial charge in [0, 0.05) is 44.4 Å². The minimum absolute atomic E-state index is 0.0934. The molecule has 1 unspecified atom stereocenters. The highest BCUT2D eigenvalue weighted by atomic mass is 16.5. The molecule has 1 saturated heterocycles. The Morgan fingerprint density at radius 1 is 1.14 bits per heavy atom. The summed E-state index contributed by atoms with van der Waals surface area (Å²) in [6.45, 7) is 12.7. The fraction of sp³-hybridized carbons (Fsp3) is 0.550. The summed E-state index contributed by atoms with van der Waals surface area (Å²) in [4.78, 5) is 4.83. The summed E-state index contributed by atoms with van der Waals surface area (Å²) in [5, 5.41) is 12.6. The Bertz CT molecular complexity index is 783. The molecular weight excluding hydrogens is 356 g/mol. The maximum atomic E-state index is 5.71. The van der Waals surface area contributed by atoms with Gasteiger partial charge >= 0.3 is 0 Å². The molecule has 1 aliphatic rings. The zero-order valence-corrected chi connectivity index (χ0v) is 17.2. The summed E-state index contributed by atoms with van der Waals surface area (Å²) in [6, 6.07) is 6.00. The maximum absolute atomic E-state index is 5.71. The highest BCUT2D eigenvalue weighted by Gasteiger charge is 2.33. The Hall–Kier alpha value is -2.45. The molecule has 0 saturated carbocycles. The van der Waals surface area contributed by atoms with Crippen LogP contribution < -0.4 is 9.47 Å². The zero-order valence-electron chi connectivity index (χ0n) is 17.2. The molecular formula is C20H30N6O2. The number of benzene rings is 1. The first kappa shape index (κ1) is 20.3. The van der Waals surface area contributed by atoms with E-state index >= 15 is 0 Å². The standard InChI is InChI=1S/C20H30N6O2/c1-6-9-24-10-12-25(13-11-24)19(20-21-22-23-26(20)15(2)3)17-8-7-16(27-4)14-18(17)28-5/h6-8,14-15,19H,1,9-13H2,2-5H3. The molecule has 8 nitrogen and oxygen atoms in total. The van der Waals surface area contributed by atoms with E-state index in [0.29, 0.717) is 0 Å². The van der Waals surface area contributed by atoms with Crippen molar-refractivity contribution >= 4 is 0 Å². The summed E-state index contributed by atoms with van der Waals surface area (Å²) in [5.41, 5.74) is 1.04. The van der Waals surface area contributed by atoms with Gasteiger partial charge in [0.15, 0.2) is 5.82 Å². The molecule has 1 aromatic carbocycles. The van der Waals surface area contributed by atoms with E-state index < -0.39 is 0 Å². The molecule has 2 heterocycles. The molecule has 1 fully saturated rings. The molecule has 28 heavy (non-hydrogen) atoms. The lowest BCUT2D eigenvalue weighted by molar-refractivity contribution is 0.111. The summed E-state index contributed by atoms with van der Waals surface area (Å²) < 4.78 is 13.0. The van der Waals surface area contributed by atoms with Gasteiger partial charge in [-0.05, 0) is 36.4 Å². The average Bonchev–Trinajstić information content (AvgIpc) is 3.19. The van der Waals surface area contributed by atoms with Crippen molar-refractivity contribution in [2.24, 2.45) is 0 Å². The Kier molecular flexibility index (Phi) is 6.64. The van der Waals surface area contributed by atoms with Crippen molar-refractivity contribution in [3.63, 3.8) is 0 Å². The van der Waals surface area contributed by atoms with E-state index in [-0.39, 0.29) is 12.1 Å². The number of piperazine rings is 1. The molecule has 8 heteroatoms. The summed E-state index contributed by atoms with van der Waals surface area (Å²) in [5.74, 6) is 2.37. The van der Waals surface area contributed by atoms with Crippen LogP contribution in [0.4, 0.5) is 0 Å². The quantitative estimate of drug-likeness (QED) is 0.644. The van der Waals surface area contributed by atoms with Gasteiger partial charge in [0.1, 0.15) is 17.5 Å². The SMILES string of the molecule is C=CCN1CCN(C(c2ccc(OC)cc2OC)c2nnnn2C(C)C)CC1. The molecule has 0 amide bonds. The van der Waals surface area contributed by atoms with Crippen molar-refractivity contribution in [1.82, 2.24) is 30.0 Å². The van der Waals surface area contributed by atoms with Crippen LogP contribution in [-0.2, 0) is 0 Å². The van der Waals surface area contributed by atoms with Crippen molar-refractivity contribution in [3.05, 3.63) is 42.2 Å². The minimum Gasteiger partial charge on any atom is -0.497 e. The Morgan fingerprint density at radius 2 is 1.89 bits per heavy atom. The van der Waals surface area contributed by atoms with Gasteiger partial charge in [0.25, 0.3) is 0 Å². The fourth-order valence-corrected chi connectivity index (χ4v) is 3.68. The second-order valence-electron chi connectivity index (χ2n) is 7.21. The lowest BCUT2D eigenvalue weighted by Gasteiger charge is -2.39. The third kappa shape index (κ3) is 4.18. The normalized spacial score (nSPS) is 16.9. The van der Waals surface area contributed by atoms with Crippen LogP contribution in [0.25, 0.3) is 0 Å². The van der Waals surface area contributed by atoms with Gasteiger partial charge in [0.2, 0.25) is 0 Å². The second kappa shape index (κ2) is 9.16.